The van der Waals surface area contributed by atoms with Crippen molar-refractivity contribution in [2.24, 2.45) is 0 Å². The van der Waals surface area contributed by atoms with Crippen molar-refractivity contribution in [1.29, 1.82) is 0 Å². The lowest BCUT2D eigenvalue weighted by Gasteiger charge is -2.34. The van der Waals surface area contributed by atoms with Crippen LogP contribution in [0.15, 0.2) is 60.7 Å². The van der Waals surface area contributed by atoms with E-state index in [1.165, 1.54) is 50.2 Å². The topological polar surface area (TPSA) is 17.8 Å². The number of aromatic nitrogens is 2. The summed E-state index contributed by atoms with van der Waals surface area (Å²) in [5, 5.41) is 0. The lowest BCUT2D eigenvalue weighted by Crippen LogP contribution is -2.31. The summed E-state index contributed by atoms with van der Waals surface area (Å²) < 4.78 is 2.45. The van der Waals surface area contributed by atoms with Gasteiger partial charge in [-0.25, -0.2) is 4.98 Å². The Hall–Kier alpha value is -3.13. The zero-order chi connectivity index (χ0) is 21.2. The summed E-state index contributed by atoms with van der Waals surface area (Å²) in [4.78, 5) is 4.94. The van der Waals surface area contributed by atoms with E-state index in [-0.39, 0.29) is 5.54 Å². The highest BCUT2D eigenvalue weighted by atomic mass is 15.1. The second-order valence-electron chi connectivity index (χ2n) is 9.08. The number of rotatable bonds is 0. The van der Waals surface area contributed by atoms with Crippen LogP contribution in [0.2, 0.25) is 0 Å². The summed E-state index contributed by atoms with van der Waals surface area (Å²) in [6.45, 7) is 13.4. The molecular weight excluding hydrogens is 364 g/mol. The first-order chi connectivity index (χ1) is 14.3. The molecule has 0 bridgehead atoms. The van der Waals surface area contributed by atoms with Gasteiger partial charge >= 0.3 is 0 Å². The van der Waals surface area contributed by atoms with Gasteiger partial charge in [-0.1, -0.05) is 66.2 Å². The summed E-state index contributed by atoms with van der Waals surface area (Å²) in [6, 6.07) is 22.4. The quantitative estimate of drug-likeness (QED) is 0.309. The van der Waals surface area contributed by atoms with Gasteiger partial charge in [0.1, 0.15) is 5.82 Å². The molecule has 1 aliphatic heterocycles. The summed E-state index contributed by atoms with van der Waals surface area (Å²) in [5.74, 6) is 1.05. The number of nitrogens with zero attached hydrogens (tertiary/aromatic N) is 2. The molecule has 0 amide bonds. The van der Waals surface area contributed by atoms with E-state index < -0.39 is 0 Å². The Morgan fingerprint density at radius 1 is 0.700 bits per heavy atom. The van der Waals surface area contributed by atoms with Crippen LogP contribution in [-0.4, -0.2) is 9.55 Å². The van der Waals surface area contributed by atoms with Crippen molar-refractivity contribution >= 4 is 0 Å². The molecule has 1 aromatic heterocycles. The second-order valence-corrected chi connectivity index (χ2v) is 9.08. The average Bonchev–Trinajstić information content (AvgIpc) is 3.02. The highest BCUT2D eigenvalue weighted by Crippen LogP contribution is 2.47. The van der Waals surface area contributed by atoms with Gasteiger partial charge in [-0.15, -0.1) is 0 Å². The molecule has 0 atom stereocenters. The molecule has 0 saturated heterocycles. The highest BCUT2D eigenvalue weighted by Gasteiger charge is 2.35. The smallest absolute Gasteiger partial charge is 0.107 e. The molecule has 4 aromatic rings. The minimum absolute atomic E-state index is 0.250. The van der Waals surface area contributed by atoms with Crippen LogP contribution in [0, 0.1) is 27.7 Å². The van der Waals surface area contributed by atoms with Crippen molar-refractivity contribution in [1.82, 2.24) is 9.55 Å². The standard InChI is InChI=1S/C28H28N2/c1-17-14-15-22-21-11-7-8-12-24(21)27-19(3)29-20(4)30(27)28(5,6)26-18(2)10-9-13-23(26)25(22)16-17/h7-16H,1-6H3. The number of fused-ring (bicyclic) bond motifs is 7. The number of benzene rings is 3. The van der Waals surface area contributed by atoms with Gasteiger partial charge in [-0.3, -0.25) is 0 Å². The Labute approximate surface area is 179 Å². The number of hydrogen-bond donors (Lipinski definition) is 0. The molecule has 0 fully saturated rings. The first kappa shape index (κ1) is 18.9. The summed E-state index contributed by atoms with van der Waals surface area (Å²) in [7, 11) is 0. The van der Waals surface area contributed by atoms with Crippen LogP contribution in [0.3, 0.4) is 0 Å². The van der Waals surface area contributed by atoms with Crippen molar-refractivity contribution in [3.8, 4) is 33.5 Å². The van der Waals surface area contributed by atoms with Crippen LogP contribution >= 0.6 is 0 Å². The molecule has 0 saturated carbocycles. The molecule has 30 heavy (non-hydrogen) atoms. The van der Waals surface area contributed by atoms with Crippen LogP contribution in [-0.2, 0) is 5.54 Å². The van der Waals surface area contributed by atoms with Crippen LogP contribution in [0.5, 0.6) is 0 Å². The van der Waals surface area contributed by atoms with Gasteiger partial charge in [0.2, 0.25) is 0 Å². The third kappa shape index (κ3) is 2.53. The average molecular weight is 393 g/mol. The predicted molar refractivity (Wildman–Crippen MR) is 126 cm³/mol. The van der Waals surface area contributed by atoms with Gasteiger partial charge in [-0.05, 0) is 74.9 Å². The SMILES string of the molecule is Cc1ccc2c(c1)-c1cccc(C)c1C(C)(C)n1c(C)nc(C)c1-c1ccccc1-2. The maximum atomic E-state index is 4.94. The van der Waals surface area contributed by atoms with Crippen molar-refractivity contribution in [3.63, 3.8) is 0 Å². The Bertz CT molecular complexity index is 1300. The van der Waals surface area contributed by atoms with E-state index >= 15 is 0 Å². The lowest BCUT2D eigenvalue weighted by atomic mass is 9.81. The van der Waals surface area contributed by atoms with Crippen LogP contribution < -0.4 is 0 Å². The minimum atomic E-state index is -0.250. The zero-order valence-corrected chi connectivity index (χ0v) is 18.7. The summed E-state index contributed by atoms with van der Waals surface area (Å²) in [6.07, 6.45) is 0. The Morgan fingerprint density at radius 2 is 1.37 bits per heavy atom. The van der Waals surface area contributed by atoms with Crippen LogP contribution in [0.1, 0.15) is 42.1 Å². The Balaban J connectivity index is 2.07. The van der Waals surface area contributed by atoms with E-state index in [9.17, 15) is 0 Å². The molecule has 2 nitrogen and oxygen atoms in total. The third-order valence-corrected chi connectivity index (χ3v) is 6.60. The van der Waals surface area contributed by atoms with Crippen molar-refractivity contribution in [3.05, 3.63) is 88.9 Å². The fourth-order valence-corrected chi connectivity index (χ4v) is 5.52. The molecule has 2 heteroatoms. The van der Waals surface area contributed by atoms with Crippen molar-refractivity contribution < 1.29 is 0 Å². The van der Waals surface area contributed by atoms with Gasteiger partial charge in [0.05, 0.1) is 16.9 Å². The highest BCUT2D eigenvalue weighted by molar-refractivity contribution is 5.93. The van der Waals surface area contributed by atoms with E-state index in [1.54, 1.807) is 0 Å². The largest absolute Gasteiger partial charge is 0.318 e. The van der Waals surface area contributed by atoms with E-state index in [1.807, 2.05) is 0 Å². The van der Waals surface area contributed by atoms with Gasteiger partial charge < -0.3 is 4.57 Å². The Morgan fingerprint density at radius 3 is 2.13 bits per heavy atom. The number of aryl methyl sites for hydroxylation is 4. The minimum Gasteiger partial charge on any atom is -0.318 e. The number of imidazole rings is 1. The van der Waals surface area contributed by atoms with E-state index in [0.29, 0.717) is 0 Å². The van der Waals surface area contributed by atoms with E-state index in [0.717, 1.165) is 11.5 Å². The molecule has 0 aliphatic carbocycles. The molecular formula is C28H28N2. The maximum Gasteiger partial charge on any atom is 0.107 e. The van der Waals surface area contributed by atoms with Crippen LogP contribution in [0.25, 0.3) is 33.5 Å². The Kier molecular flexibility index (Phi) is 4.05. The van der Waals surface area contributed by atoms with Gasteiger partial charge in [-0.2, -0.15) is 0 Å². The zero-order valence-electron chi connectivity index (χ0n) is 18.7. The lowest BCUT2D eigenvalue weighted by molar-refractivity contribution is 0.429. The first-order valence-corrected chi connectivity index (χ1v) is 10.7. The van der Waals surface area contributed by atoms with Gasteiger partial charge in [0.25, 0.3) is 0 Å². The van der Waals surface area contributed by atoms with E-state index in [2.05, 4.69) is 107 Å². The fraction of sp³-hybridized carbons (Fsp3) is 0.250. The van der Waals surface area contributed by atoms with Gasteiger partial charge in [0, 0.05) is 5.56 Å². The predicted octanol–water partition coefficient (Wildman–Crippen LogP) is 7.21. The molecule has 1 aliphatic rings. The molecule has 0 spiro atoms. The van der Waals surface area contributed by atoms with E-state index in [4.69, 9.17) is 4.98 Å². The molecule has 150 valence electrons. The van der Waals surface area contributed by atoms with Gasteiger partial charge in [0.15, 0.2) is 0 Å². The monoisotopic (exact) mass is 392 g/mol. The van der Waals surface area contributed by atoms with Crippen LogP contribution in [0.4, 0.5) is 0 Å². The van der Waals surface area contributed by atoms with Crippen molar-refractivity contribution in [2.45, 2.75) is 47.1 Å². The number of hydrogen-bond acceptors (Lipinski definition) is 1. The van der Waals surface area contributed by atoms with Crippen molar-refractivity contribution in [2.75, 3.05) is 0 Å². The fourth-order valence-electron chi connectivity index (χ4n) is 5.52. The molecule has 2 heterocycles. The maximum absolute atomic E-state index is 4.94. The molecule has 5 rings (SSSR count). The third-order valence-electron chi connectivity index (χ3n) is 6.60. The second kappa shape index (κ2) is 6.43. The summed E-state index contributed by atoms with van der Waals surface area (Å²) in [5.41, 5.74) is 12.4. The summed E-state index contributed by atoms with van der Waals surface area (Å²) >= 11 is 0. The molecule has 3 aromatic carbocycles. The first-order valence-electron chi connectivity index (χ1n) is 10.7. The molecule has 0 N–H and O–H groups in total. The molecule has 0 unspecified atom stereocenters. The normalized spacial score (nSPS) is 13.9. The molecule has 0 radical (unpaired) electrons.